The number of nitrogens with zero attached hydrogens (tertiary/aromatic N) is 2. The number of benzene rings is 1. The maximum Gasteiger partial charge on any atom is 0.373 e. The third-order valence-electron chi connectivity index (χ3n) is 3.69. The number of carboxylic acids is 1. The Morgan fingerprint density at radius 1 is 1.14 bits per heavy atom. The Balaban J connectivity index is 1.99. The summed E-state index contributed by atoms with van der Waals surface area (Å²) in [5.74, 6) is -0.274. The first kappa shape index (κ1) is 21.2. The van der Waals surface area contributed by atoms with Gasteiger partial charge in [0.1, 0.15) is 30.9 Å². The number of hydrogen-bond acceptors (Lipinski definition) is 7. The van der Waals surface area contributed by atoms with E-state index in [1.807, 2.05) is 12.1 Å². The van der Waals surface area contributed by atoms with Gasteiger partial charge in [-0.25, -0.2) is 4.79 Å². The van der Waals surface area contributed by atoms with E-state index in [-0.39, 0.29) is 13.2 Å². The van der Waals surface area contributed by atoms with Crippen molar-refractivity contribution in [1.82, 2.24) is 4.98 Å². The highest BCUT2D eigenvalue weighted by molar-refractivity contribution is 5.99. The van der Waals surface area contributed by atoms with E-state index in [9.17, 15) is 4.79 Å². The highest BCUT2D eigenvalue weighted by Gasteiger charge is 2.19. The average molecular weight is 388 g/mol. The largest absolute Gasteiger partial charge is 0.487 e. The van der Waals surface area contributed by atoms with Crippen LogP contribution in [0.25, 0.3) is 0 Å². The molecule has 1 aromatic carbocycles. The number of pyridine rings is 1. The summed E-state index contributed by atoms with van der Waals surface area (Å²) < 4.78 is 16.0. The summed E-state index contributed by atoms with van der Waals surface area (Å²) in [6, 6.07) is 10.4. The Hall–Kier alpha value is -3.13. The van der Waals surface area contributed by atoms with Crippen molar-refractivity contribution < 1.29 is 28.9 Å². The number of hydrogen-bond donors (Lipinski definition) is 1. The van der Waals surface area contributed by atoms with Crippen molar-refractivity contribution in [3.05, 3.63) is 53.9 Å². The fraction of sp³-hybridized carbons (Fsp3) is 0.350. The molecule has 1 atom stereocenters. The van der Waals surface area contributed by atoms with Crippen LogP contribution in [-0.4, -0.2) is 48.4 Å². The first-order chi connectivity index (χ1) is 13.6. The first-order valence-corrected chi connectivity index (χ1v) is 8.86. The van der Waals surface area contributed by atoms with Gasteiger partial charge in [0.05, 0.1) is 5.69 Å². The molecule has 8 nitrogen and oxygen atoms in total. The standard InChI is InChI=1S/C20H24N2O6/c1-4-14-6-11-17(21-12-14)18(22-25-3)13-27-15-7-9-16(10-8-15)28-20(19(23)24)26-5-2/h6-12,20H,4-5,13H2,1-3H3,(H,23,24)/b22-18+/t20-/m0/s1. The first-order valence-electron chi connectivity index (χ1n) is 8.86. The van der Waals surface area contributed by atoms with E-state index in [1.165, 1.54) is 7.11 Å². The van der Waals surface area contributed by atoms with Gasteiger partial charge in [0.25, 0.3) is 6.29 Å². The number of carbonyl (C=O) groups is 1. The maximum atomic E-state index is 11.1. The zero-order chi connectivity index (χ0) is 20.4. The van der Waals surface area contributed by atoms with Crippen molar-refractivity contribution >= 4 is 11.7 Å². The van der Waals surface area contributed by atoms with Gasteiger partial charge in [-0.2, -0.15) is 0 Å². The van der Waals surface area contributed by atoms with Crippen molar-refractivity contribution in [3.8, 4) is 11.5 Å². The monoisotopic (exact) mass is 388 g/mol. The number of rotatable bonds is 11. The number of aryl methyl sites for hydroxylation is 1. The molecule has 0 amide bonds. The Morgan fingerprint density at radius 3 is 2.39 bits per heavy atom. The number of aromatic nitrogens is 1. The van der Waals surface area contributed by atoms with E-state index in [1.54, 1.807) is 37.4 Å². The smallest absolute Gasteiger partial charge is 0.373 e. The van der Waals surface area contributed by atoms with E-state index < -0.39 is 12.3 Å². The molecule has 8 heteroatoms. The highest BCUT2D eigenvalue weighted by Crippen LogP contribution is 2.19. The van der Waals surface area contributed by atoms with E-state index in [0.29, 0.717) is 22.9 Å². The molecule has 0 unspecified atom stereocenters. The van der Waals surface area contributed by atoms with Crippen molar-refractivity contribution in [2.24, 2.45) is 5.16 Å². The lowest BCUT2D eigenvalue weighted by Crippen LogP contribution is -2.30. The second kappa shape index (κ2) is 10.9. The molecule has 0 radical (unpaired) electrons. The summed E-state index contributed by atoms with van der Waals surface area (Å²) in [5.41, 5.74) is 2.34. The van der Waals surface area contributed by atoms with Crippen LogP contribution in [0.5, 0.6) is 11.5 Å². The van der Waals surface area contributed by atoms with Crippen molar-refractivity contribution in [2.45, 2.75) is 26.6 Å². The lowest BCUT2D eigenvalue weighted by atomic mass is 10.2. The fourth-order valence-electron chi connectivity index (χ4n) is 2.26. The van der Waals surface area contributed by atoms with Gasteiger partial charge in [-0.15, -0.1) is 0 Å². The Morgan fingerprint density at radius 2 is 1.86 bits per heavy atom. The fourth-order valence-corrected chi connectivity index (χ4v) is 2.26. The summed E-state index contributed by atoms with van der Waals surface area (Å²) in [6.45, 7) is 4.14. The quantitative estimate of drug-likeness (QED) is 0.359. The minimum absolute atomic E-state index is 0.156. The summed E-state index contributed by atoms with van der Waals surface area (Å²) in [5, 5.41) is 13.0. The summed E-state index contributed by atoms with van der Waals surface area (Å²) >= 11 is 0. The van der Waals surface area contributed by atoms with Crippen LogP contribution in [0.1, 0.15) is 25.1 Å². The van der Waals surface area contributed by atoms with Crippen LogP contribution in [-0.2, 0) is 20.8 Å². The van der Waals surface area contributed by atoms with Gasteiger partial charge in [-0.05, 0) is 49.2 Å². The van der Waals surface area contributed by atoms with Crippen LogP contribution in [0.4, 0.5) is 0 Å². The normalized spacial score (nSPS) is 12.3. The minimum atomic E-state index is -1.35. The van der Waals surface area contributed by atoms with Gasteiger partial charge in [0.15, 0.2) is 0 Å². The Bertz CT molecular complexity index is 774. The molecular formula is C20H24N2O6. The molecule has 0 bridgehead atoms. The van der Waals surface area contributed by atoms with Crippen LogP contribution in [0.2, 0.25) is 0 Å². The summed E-state index contributed by atoms with van der Waals surface area (Å²) in [7, 11) is 1.46. The number of carboxylic acid groups (broad SMARTS) is 1. The molecule has 150 valence electrons. The molecule has 0 aliphatic carbocycles. The Kier molecular flexibility index (Phi) is 8.23. The van der Waals surface area contributed by atoms with E-state index in [0.717, 1.165) is 12.0 Å². The molecule has 1 N–H and O–H groups in total. The van der Waals surface area contributed by atoms with Gasteiger partial charge < -0.3 is 24.2 Å². The number of ether oxygens (including phenoxy) is 3. The highest BCUT2D eigenvalue weighted by atomic mass is 16.7. The average Bonchev–Trinajstić information content (AvgIpc) is 2.72. The molecule has 0 fully saturated rings. The molecule has 0 aliphatic rings. The van der Waals surface area contributed by atoms with Crippen molar-refractivity contribution in [2.75, 3.05) is 20.3 Å². The molecule has 1 heterocycles. The van der Waals surface area contributed by atoms with Gasteiger partial charge in [0, 0.05) is 12.8 Å². The summed E-state index contributed by atoms with van der Waals surface area (Å²) in [4.78, 5) is 20.3. The SMILES string of the molecule is CCO[C@@H](Oc1ccc(OC/C(=N\OC)c2ccc(CC)cn2)cc1)C(=O)O. The molecule has 28 heavy (non-hydrogen) atoms. The van der Waals surface area contributed by atoms with Crippen LogP contribution in [0, 0.1) is 0 Å². The van der Waals surface area contributed by atoms with Gasteiger partial charge in [-0.1, -0.05) is 18.1 Å². The molecule has 2 aromatic rings. The molecule has 0 saturated carbocycles. The topological polar surface area (TPSA) is 99.5 Å². The lowest BCUT2D eigenvalue weighted by molar-refractivity contribution is -0.170. The zero-order valence-corrected chi connectivity index (χ0v) is 16.1. The molecule has 1 aromatic heterocycles. The van der Waals surface area contributed by atoms with Crippen LogP contribution < -0.4 is 9.47 Å². The zero-order valence-electron chi connectivity index (χ0n) is 16.1. The van der Waals surface area contributed by atoms with Crippen LogP contribution in [0.15, 0.2) is 47.8 Å². The third kappa shape index (κ3) is 6.24. The van der Waals surface area contributed by atoms with Gasteiger partial charge >= 0.3 is 5.97 Å². The van der Waals surface area contributed by atoms with Crippen LogP contribution in [0.3, 0.4) is 0 Å². The van der Waals surface area contributed by atoms with E-state index in [4.69, 9.17) is 24.2 Å². The number of oxime groups is 1. The minimum Gasteiger partial charge on any atom is -0.487 e. The molecular weight excluding hydrogens is 364 g/mol. The molecule has 0 aliphatic heterocycles. The summed E-state index contributed by atoms with van der Waals surface area (Å²) in [6.07, 6.45) is 1.35. The lowest BCUT2D eigenvalue weighted by Gasteiger charge is -2.15. The van der Waals surface area contributed by atoms with Gasteiger partial charge in [-0.3, -0.25) is 4.98 Å². The molecule has 0 saturated heterocycles. The molecule has 0 spiro atoms. The van der Waals surface area contributed by atoms with Crippen molar-refractivity contribution in [1.29, 1.82) is 0 Å². The van der Waals surface area contributed by atoms with E-state index >= 15 is 0 Å². The second-order valence-corrected chi connectivity index (χ2v) is 5.63. The van der Waals surface area contributed by atoms with Gasteiger partial charge in [0.2, 0.25) is 0 Å². The number of aliphatic carboxylic acids is 1. The Labute approximate surface area is 163 Å². The molecule has 2 rings (SSSR count). The van der Waals surface area contributed by atoms with Crippen LogP contribution >= 0.6 is 0 Å². The predicted octanol–water partition coefficient (Wildman–Crippen LogP) is 2.90. The second-order valence-electron chi connectivity index (χ2n) is 5.63. The van der Waals surface area contributed by atoms with Crippen molar-refractivity contribution in [3.63, 3.8) is 0 Å². The maximum absolute atomic E-state index is 11.1. The predicted molar refractivity (Wildman–Crippen MR) is 103 cm³/mol. The van der Waals surface area contributed by atoms with E-state index in [2.05, 4.69) is 17.1 Å². The third-order valence-corrected chi connectivity index (χ3v) is 3.69.